The molecule has 0 aliphatic carbocycles. The molecule has 2 heterocycles. The summed E-state index contributed by atoms with van der Waals surface area (Å²) < 4.78 is 6.86. The molecule has 0 atom stereocenters. The summed E-state index contributed by atoms with van der Waals surface area (Å²) in [6.07, 6.45) is 0.0927. The van der Waals surface area contributed by atoms with Crippen LogP contribution >= 0.6 is 0 Å². The minimum absolute atomic E-state index is 0.0927. The molecule has 0 aliphatic heterocycles. The second kappa shape index (κ2) is 6.05. The van der Waals surface area contributed by atoms with E-state index in [0.29, 0.717) is 17.0 Å². The number of hydrogen-bond acceptors (Lipinski definition) is 5. The zero-order chi connectivity index (χ0) is 16.4. The summed E-state index contributed by atoms with van der Waals surface area (Å²) in [5.74, 6) is 5.68. The largest absolute Gasteiger partial charge is 0.497 e. The quantitative estimate of drug-likeness (QED) is 0.429. The number of nitrogens with two attached hydrogens (primary N) is 1. The molecule has 118 valence electrons. The van der Waals surface area contributed by atoms with E-state index < -0.39 is 0 Å². The normalized spacial score (nSPS) is 10.7. The fourth-order valence-corrected chi connectivity index (χ4v) is 2.41. The molecule has 3 aromatic rings. The number of benzene rings is 1. The number of nitrogens with zero attached hydrogens (tertiary/aromatic N) is 3. The van der Waals surface area contributed by atoms with Gasteiger partial charge in [-0.25, -0.2) is 15.3 Å². The first-order chi connectivity index (χ1) is 11.1. The van der Waals surface area contributed by atoms with Crippen molar-refractivity contribution in [3.05, 3.63) is 47.8 Å². The van der Waals surface area contributed by atoms with Crippen molar-refractivity contribution in [3.8, 4) is 17.0 Å². The standard InChI is InChI=1S/C16H17N5O2/c1-10-3-8-14-18-16(11-4-6-12(23-2)7-5-11)13(21(14)20-10)9-15(22)19-17/h3-8H,9,17H2,1-2H3,(H,19,22). The molecule has 0 fully saturated rings. The van der Waals surface area contributed by atoms with Gasteiger partial charge in [0.1, 0.15) is 5.75 Å². The Labute approximate surface area is 133 Å². The van der Waals surface area contributed by atoms with Crippen LogP contribution in [0.15, 0.2) is 36.4 Å². The van der Waals surface area contributed by atoms with Gasteiger partial charge in [-0.05, 0) is 43.3 Å². The van der Waals surface area contributed by atoms with Crippen molar-refractivity contribution in [2.75, 3.05) is 7.11 Å². The summed E-state index contributed by atoms with van der Waals surface area (Å²) in [6.45, 7) is 1.89. The van der Waals surface area contributed by atoms with Crippen molar-refractivity contribution in [3.63, 3.8) is 0 Å². The molecule has 0 aliphatic rings. The van der Waals surface area contributed by atoms with Crippen molar-refractivity contribution in [2.24, 2.45) is 5.84 Å². The average molecular weight is 311 g/mol. The van der Waals surface area contributed by atoms with E-state index in [-0.39, 0.29) is 12.3 Å². The third-order valence-corrected chi connectivity index (χ3v) is 3.56. The van der Waals surface area contributed by atoms with Crippen LogP contribution in [-0.2, 0) is 11.2 Å². The number of fused-ring (bicyclic) bond motifs is 1. The summed E-state index contributed by atoms with van der Waals surface area (Å²) in [5.41, 5.74) is 5.95. The lowest BCUT2D eigenvalue weighted by Crippen LogP contribution is -2.32. The number of aryl methyl sites for hydroxylation is 1. The molecule has 0 saturated heterocycles. The predicted octanol–water partition coefficient (Wildman–Crippen LogP) is 1.25. The first-order valence-electron chi connectivity index (χ1n) is 7.11. The number of imidazole rings is 1. The number of ether oxygens (including phenoxy) is 1. The van der Waals surface area contributed by atoms with Crippen LogP contribution in [0.1, 0.15) is 11.4 Å². The average Bonchev–Trinajstić information content (AvgIpc) is 2.92. The molecule has 3 rings (SSSR count). The Hall–Kier alpha value is -2.93. The zero-order valence-electron chi connectivity index (χ0n) is 12.9. The fraction of sp³-hybridized carbons (Fsp3) is 0.188. The number of carbonyl (C=O) groups excluding carboxylic acids is 1. The zero-order valence-corrected chi connectivity index (χ0v) is 12.9. The van der Waals surface area contributed by atoms with E-state index in [9.17, 15) is 4.79 Å². The Morgan fingerprint density at radius 1 is 1.26 bits per heavy atom. The molecule has 23 heavy (non-hydrogen) atoms. The lowest BCUT2D eigenvalue weighted by molar-refractivity contribution is -0.120. The summed E-state index contributed by atoms with van der Waals surface area (Å²) in [5, 5.41) is 4.45. The lowest BCUT2D eigenvalue weighted by atomic mass is 10.1. The minimum Gasteiger partial charge on any atom is -0.497 e. The van der Waals surface area contributed by atoms with E-state index in [1.165, 1.54) is 0 Å². The number of hydrogen-bond donors (Lipinski definition) is 2. The van der Waals surface area contributed by atoms with Gasteiger partial charge in [-0.15, -0.1) is 0 Å². The molecule has 0 bridgehead atoms. The molecule has 1 aromatic carbocycles. The van der Waals surface area contributed by atoms with Gasteiger partial charge in [-0.1, -0.05) is 0 Å². The van der Waals surface area contributed by atoms with Crippen molar-refractivity contribution in [1.82, 2.24) is 20.0 Å². The maximum Gasteiger partial charge on any atom is 0.239 e. The van der Waals surface area contributed by atoms with Crippen LogP contribution in [0.25, 0.3) is 16.9 Å². The monoisotopic (exact) mass is 311 g/mol. The number of hydrazine groups is 1. The number of amides is 1. The number of nitrogens with one attached hydrogen (secondary N) is 1. The van der Waals surface area contributed by atoms with E-state index in [1.54, 1.807) is 11.6 Å². The molecule has 0 radical (unpaired) electrons. The first-order valence-corrected chi connectivity index (χ1v) is 7.11. The third-order valence-electron chi connectivity index (χ3n) is 3.56. The SMILES string of the molecule is COc1ccc(-c2nc3ccc(C)nn3c2CC(=O)NN)cc1. The Balaban J connectivity index is 2.17. The summed E-state index contributed by atoms with van der Waals surface area (Å²) in [4.78, 5) is 16.4. The van der Waals surface area contributed by atoms with Crippen molar-refractivity contribution in [2.45, 2.75) is 13.3 Å². The van der Waals surface area contributed by atoms with Crippen LogP contribution < -0.4 is 16.0 Å². The van der Waals surface area contributed by atoms with Crippen LogP contribution in [0.5, 0.6) is 5.75 Å². The molecule has 0 unspecified atom stereocenters. The molecule has 0 spiro atoms. The van der Waals surface area contributed by atoms with Gasteiger partial charge < -0.3 is 4.74 Å². The summed E-state index contributed by atoms with van der Waals surface area (Å²) in [7, 11) is 1.61. The molecular formula is C16H17N5O2. The Kier molecular flexibility index (Phi) is 3.94. The Morgan fingerprint density at radius 2 is 2.00 bits per heavy atom. The van der Waals surface area contributed by atoms with Crippen LogP contribution in [0.4, 0.5) is 0 Å². The summed E-state index contributed by atoms with van der Waals surface area (Å²) in [6, 6.07) is 11.3. The van der Waals surface area contributed by atoms with E-state index in [0.717, 1.165) is 17.0 Å². The minimum atomic E-state index is -0.301. The van der Waals surface area contributed by atoms with Crippen LogP contribution in [0.2, 0.25) is 0 Å². The van der Waals surface area contributed by atoms with Crippen LogP contribution in [0, 0.1) is 6.92 Å². The fourth-order valence-electron chi connectivity index (χ4n) is 2.41. The van der Waals surface area contributed by atoms with Crippen LogP contribution in [-0.4, -0.2) is 27.6 Å². The van der Waals surface area contributed by atoms with E-state index in [1.807, 2.05) is 43.3 Å². The highest BCUT2D eigenvalue weighted by Crippen LogP contribution is 2.26. The van der Waals surface area contributed by atoms with Gasteiger partial charge in [0.2, 0.25) is 5.91 Å². The molecule has 1 amide bonds. The molecular weight excluding hydrogens is 294 g/mol. The topological polar surface area (TPSA) is 94.5 Å². The van der Waals surface area contributed by atoms with E-state index in [4.69, 9.17) is 10.6 Å². The number of methoxy groups -OCH3 is 1. The molecule has 3 N–H and O–H groups in total. The Morgan fingerprint density at radius 3 is 2.65 bits per heavy atom. The van der Waals surface area contributed by atoms with Gasteiger partial charge in [0.25, 0.3) is 0 Å². The summed E-state index contributed by atoms with van der Waals surface area (Å²) >= 11 is 0. The maximum atomic E-state index is 11.8. The van der Waals surface area contributed by atoms with Crippen molar-refractivity contribution >= 4 is 11.6 Å². The second-order valence-electron chi connectivity index (χ2n) is 5.12. The van der Waals surface area contributed by atoms with Crippen molar-refractivity contribution < 1.29 is 9.53 Å². The van der Waals surface area contributed by atoms with Crippen LogP contribution in [0.3, 0.4) is 0 Å². The Bertz CT molecular complexity index is 855. The van der Waals surface area contributed by atoms with Gasteiger partial charge in [-0.3, -0.25) is 10.2 Å². The highest BCUT2D eigenvalue weighted by molar-refractivity contribution is 5.81. The third kappa shape index (κ3) is 2.86. The van der Waals surface area contributed by atoms with E-state index in [2.05, 4.69) is 15.5 Å². The van der Waals surface area contributed by atoms with Gasteiger partial charge in [0.15, 0.2) is 5.65 Å². The maximum absolute atomic E-state index is 11.8. The van der Waals surface area contributed by atoms with Crippen molar-refractivity contribution in [1.29, 1.82) is 0 Å². The highest BCUT2D eigenvalue weighted by atomic mass is 16.5. The highest BCUT2D eigenvalue weighted by Gasteiger charge is 2.17. The molecule has 7 heteroatoms. The lowest BCUT2D eigenvalue weighted by Gasteiger charge is -2.05. The van der Waals surface area contributed by atoms with Gasteiger partial charge in [0, 0.05) is 5.56 Å². The molecule has 0 saturated carbocycles. The predicted molar refractivity (Wildman–Crippen MR) is 85.7 cm³/mol. The smallest absolute Gasteiger partial charge is 0.239 e. The molecule has 7 nitrogen and oxygen atoms in total. The van der Waals surface area contributed by atoms with Gasteiger partial charge in [0.05, 0.1) is 30.6 Å². The number of carbonyl (C=O) groups is 1. The second-order valence-corrected chi connectivity index (χ2v) is 5.12. The van der Waals surface area contributed by atoms with Gasteiger partial charge >= 0.3 is 0 Å². The van der Waals surface area contributed by atoms with E-state index >= 15 is 0 Å². The van der Waals surface area contributed by atoms with Gasteiger partial charge in [-0.2, -0.15) is 5.10 Å². The number of aromatic nitrogens is 3. The number of rotatable bonds is 4. The first kappa shape index (κ1) is 15.0. The molecule has 2 aromatic heterocycles.